The van der Waals surface area contributed by atoms with Gasteiger partial charge in [-0.1, -0.05) is 29.8 Å². The van der Waals surface area contributed by atoms with Crippen LogP contribution in [0, 0.1) is 35.5 Å². The van der Waals surface area contributed by atoms with Gasteiger partial charge in [0.2, 0.25) is 11.8 Å². The summed E-state index contributed by atoms with van der Waals surface area (Å²) in [7, 11) is 0. The Morgan fingerprint density at radius 3 is 2.35 bits per heavy atom. The molecule has 6 atom stereocenters. The van der Waals surface area contributed by atoms with Gasteiger partial charge >= 0.3 is 0 Å². The Labute approximate surface area is 139 Å². The second-order valence-corrected chi connectivity index (χ2v) is 7.54. The Kier molecular flexibility index (Phi) is 2.72. The molecule has 5 heteroatoms. The molecule has 4 aliphatic carbocycles. The van der Waals surface area contributed by atoms with E-state index in [-0.39, 0.29) is 42.2 Å². The number of allylic oxidation sites excluding steroid dienone is 2. The Bertz CT molecular complexity index is 710. The van der Waals surface area contributed by atoms with E-state index in [9.17, 15) is 9.59 Å². The van der Waals surface area contributed by atoms with Crippen LogP contribution in [0.4, 0.5) is 5.69 Å². The number of nitrogens with one attached hydrogen (secondary N) is 1. The Hall–Kier alpha value is -1.81. The second kappa shape index (κ2) is 4.60. The third kappa shape index (κ3) is 1.84. The molecule has 1 heterocycles. The number of halogens is 1. The number of carbonyl (C=O) groups excluding carboxylic acids is 2. The summed E-state index contributed by atoms with van der Waals surface area (Å²) in [6.07, 6.45) is 5.58. The molecule has 23 heavy (non-hydrogen) atoms. The van der Waals surface area contributed by atoms with Crippen molar-refractivity contribution in [2.75, 3.05) is 12.0 Å². The van der Waals surface area contributed by atoms with Crippen LogP contribution in [0.25, 0.3) is 0 Å². The van der Waals surface area contributed by atoms with E-state index in [1.54, 1.807) is 12.1 Å². The molecule has 0 spiro atoms. The number of imide groups is 1. The molecule has 0 unspecified atom stereocenters. The van der Waals surface area contributed by atoms with Gasteiger partial charge in [-0.3, -0.25) is 14.5 Å². The standard InChI is InChI=1S/C18H17ClN2O2/c19-9-2-1-3-10(6-9)20-8-21-17(22)15-11-4-5-12(14-7-13(11)14)16(15)18(21)23/h1-6,11-16,20H,7-8H2/t11-,12-,13-,14+,15-,16+/m0/s1. The van der Waals surface area contributed by atoms with Gasteiger partial charge in [0.25, 0.3) is 0 Å². The molecule has 6 rings (SSSR count). The summed E-state index contributed by atoms with van der Waals surface area (Å²) < 4.78 is 0. The molecule has 1 saturated heterocycles. The molecule has 3 fully saturated rings. The maximum absolute atomic E-state index is 12.8. The number of likely N-dealkylation sites (tertiary alicyclic amines) is 1. The molecule has 5 aliphatic rings. The van der Waals surface area contributed by atoms with Gasteiger partial charge in [0.1, 0.15) is 0 Å². The smallest absolute Gasteiger partial charge is 0.235 e. The lowest BCUT2D eigenvalue weighted by atomic mass is 9.63. The van der Waals surface area contributed by atoms with E-state index in [0.29, 0.717) is 16.9 Å². The number of anilines is 1. The average molecular weight is 329 g/mol. The largest absolute Gasteiger partial charge is 0.367 e. The van der Waals surface area contributed by atoms with E-state index in [0.717, 1.165) is 5.69 Å². The van der Waals surface area contributed by atoms with Crippen LogP contribution >= 0.6 is 11.6 Å². The SMILES string of the molecule is O=C1[C@@H]2[C@H]3C=C[C@@H]([C@@H]4C[C@H]34)[C@@H]2C(=O)N1CNc1cccc(Cl)c1. The van der Waals surface area contributed by atoms with Crippen LogP contribution in [0.2, 0.25) is 5.02 Å². The first-order chi connectivity index (χ1) is 11.1. The fraction of sp³-hybridized carbons (Fsp3) is 0.444. The third-order valence-electron chi connectivity index (χ3n) is 6.02. The van der Waals surface area contributed by atoms with Crippen LogP contribution in [-0.4, -0.2) is 23.4 Å². The first kappa shape index (κ1) is 13.6. The minimum Gasteiger partial charge on any atom is -0.367 e. The average Bonchev–Trinajstić information content (AvgIpc) is 3.32. The molecule has 0 aromatic heterocycles. The van der Waals surface area contributed by atoms with Gasteiger partial charge in [0.05, 0.1) is 18.5 Å². The Morgan fingerprint density at radius 1 is 1.09 bits per heavy atom. The molecule has 2 bridgehead atoms. The first-order valence-corrected chi connectivity index (χ1v) is 8.56. The van der Waals surface area contributed by atoms with Gasteiger partial charge in [-0.05, 0) is 48.3 Å². The normalized spacial score (nSPS) is 39.4. The molecule has 4 nitrogen and oxygen atoms in total. The first-order valence-electron chi connectivity index (χ1n) is 8.18. The topological polar surface area (TPSA) is 49.4 Å². The lowest BCUT2D eigenvalue weighted by Gasteiger charge is -2.37. The van der Waals surface area contributed by atoms with Crippen molar-refractivity contribution in [3.05, 3.63) is 41.4 Å². The number of nitrogens with zero attached hydrogens (tertiary/aromatic N) is 1. The zero-order valence-electron chi connectivity index (χ0n) is 12.5. The van der Waals surface area contributed by atoms with Crippen molar-refractivity contribution in [1.82, 2.24) is 4.90 Å². The highest BCUT2D eigenvalue weighted by Crippen LogP contribution is 2.65. The maximum atomic E-state index is 12.8. The third-order valence-corrected chi connectivity index (χ3v) is 6.26. The van der Waals surface area contributed by atoms with Crippen LogP contribution in [-0.2, 0) is 9.59 Å². The number of carbonyl (C=O) groups is 2. The van der Waals surface area contributed by atoms with E-state index >= 15 is 0 Å². The summed E-state index contributed by atoms with van der Waals surface area (Å²) in [6.45, 7) is 0.222. The Morgan fingerprint density at radius 2 is 1.74 bits per heavy atom. The van der Waals surface area contributed by atoms with E-state index in [4.69, 9.17) is 11.6 Å². The van der Waals surface area contributed by atoms with Gasteiger partial charge in [-0.15, -0.1) is 0 Å². The van der Waals surface area contributed by atoms with Crippen LogP contribution in [0.5, 0.6) is 0 Å². The van der Waals surface area contributed by atoms with Crippen LogP contribution in [0.1, 0.15) is 6.42 Å². The van der Waals surface area contributed by atoms with E-state index in [2.05, 4.69) is 17.5 Å². The molecule has 1 aromatic rings. The number of hydrogen-bond donors (Lipinski definition) is 1. The quantitative estimate of drug-likeness (QED) is 0.685. The fourth-order valence-corrected chi connectivity index (χ4v) is 5.13. The highest BCUT2D eigenvalue weighted by Gasteiger charge is 2.66. The summed E-state index contributed by atoms with van der Waals surface area (Å²) in [4.78, 5) is 27.0. The predicted octanol–water partition coefficient (Wildman–Crippen LogP) is 2.76. The minimum absolute atomic E-state index is 0.000715. The summed E-state index contributed by atoms with van der Waals surface area (Å²) in [5.41, 5.74) is 0.817. The van der Waals surface area contributed by atoms with E-state index in [1.807, 2.05) is 12.1 Å². The fourth-order valence-electron chi connectivity index (χ4n) is 4.94. The van der Waals surface area contributed by atoms with E-state index in [1.165, 1.54) is 11.3 Å². The minimum atomic E-state index is -0.123. The molecule has 2 amide bonds. The summed E-state index contributed by atoms with van der Waals surface area (Å²) in [5.74, 6) is 1.60. The van der Waals surface area contributed by atoms with Crippen molar-refractivity contribution in [2.24, 2.45) is 35.5 Å². The molecule has 2 saturated carbocycles. The lowest BCUT2D eigenvalue weighted by molar-refractivity contribution is -0.139. The number of amides is 2. The zero-order chi connectivity index (χ0) is 15.7. The summed E-state index contributed by atoms with van der Waals surface area (Å²) in [6, 6.07) is 7.31. The van der Waals surface area contributed by atoms with Gasteiger partial charge in [-0.2, -0.15) is 0 Å². The predicted molar refractivity (Wildman–Crippen MR) is 86.5 cm³/mol. The van der Waals surface area contributed by atoms with Crippen LogP contribution < -0.4 is 5.32 Å². The summed E-state index contributed by atoms with van der Waals surface area (Å²) in [5, 5.41) is 3.78. The molecule has 0 radical (unpaired) electrons. The molecule has 118 valence electrons. The van der Waals surface area contributed by atoms with Crippen LogP contribution in [0.15, 0.2) is 36.4 Å². The van der Waals surface area contributed by atoms with Gasteiger partial charge in [0, 0.05) is 10.7 Å². The molecule has 1 aromatic carbocycles. The van der Waals surface area contributed by atoms with Crippen molar-refractivity contribution in [1.29, 1.82) is 0 Å². The number of rotatable bonds is 3. The Balaban J connectivity index is 1.37. The van der Waals surface area contributed by atoms with Gasteiger partial charge in [0.15, 0.2) is 0 Å². The van der Waals surface area contributed by atoms with Crippen molar-refractivity contribution >= 4 is 29.1 Å². The molecular formula is C18H17ClN2O2. The highest BCUT2D eigenvalue weighted by molar-refractivity contribution is 6.30. The van der Waals surface area contributed by atoms with Crippen molar-refractivity contribution in [3.8, 4) is 0 Å². The molecule has 1 aliphatic heterocycles. The lowest BCUT2D eigenvalue weighted by Crippen LogP contribution is -2.40. The zero-order valence-corrected chi connectivity index (χ0v) is 13.2. The molecular weight excluding hydrogens is 312 g/mol. The van der Waals surface area contributed by atoms with Crippen molar-refractivity contribution < 1.29 is 9.59 Å². The second-order valence-electron chi connectivity index (χ2n) is 7.10. The van der Waals surface area contributed by atoms with Gasteiger partial charge in [-0.25, -0.2) is 0 Å². The molecule has 1 N–H and O–H groups in total. The van der Waals surface area contributed by atoms with Crippen molar-refractivity contribution in [2.45, 2.75) is 6.42 Å². The maximum Gasteiger partial charge on any atom is 0.235 e. The highest BCUT2D eigenvalue weighted by atomic mass is 35.5. The van der Waals surface area contributed by atoms with E-state index < -0.39 is 0 Å². The monoisotopic (exact) mass is 328 g/mol. The summed E-state index contributed by atoms with van der Waals surface area (Å²) >= 11 is 5.97. The number of hydrogen-bond acceptors (Lipinski definition) is 3. The van der Waals surface area contributed by atoms with Crippen molar-refractivity contribution in [3.63, 3.8) is 0 Å². The van der Waals surface area contributed by atoms with Gasteiger partial charge < -0.3 is 5.32 Å². The number of benzene rings is 1. The van der Waals surface area contributed by atoms with Crippen LogP contribution in [0.3, 0.4) is 0 Å².